The van der Waals surface area contributed by atoms with Gasteiger partial charge in [-0.05, 0) is 36.1 Å². The highest BCUT2D eigenvalue weighted by Crippen LogP contribution is 2.53. The van der Waals surface area contributed by atoms with Gasteiger partial charge in [0.1, 0.15) is 0 Å². The fourth-order valence-electron chi connectivity index (χ4n) is 3.28. The summed E-state index contributed by atoms with van der Waals surface area (Å²) in [6, 6.07) is 6.55. The van der Waals surface area contributed by atoms with Crippen LogP contribution in [0.2, 0.25) is 0 Å². The lowest BCUT2D eigenvalue weighted by Crippen LogP contribution is -2.28. The van der Waals surface area contributed by atoms with Gasteiger partial charge in [-0.1, -0.05) is 36.4 Å². The first-order valence-electron chi connectivity index (χ1n) is 5.84. The first-order valence-corrected chi connectivity index (χ1v) is 5.84. The lowest BCUT2D eigenvalue weighted by molar-refractivity contribution is 0.528. The Labute approximate surface area is 95.2 Å². The van der Waals surface area contributed by atoms with Crippen LogP contribution in [0, 0.1) is 0 Å². The quantitative estimate of drug-likeness (QED) is 0.685. The van der Waals surface area contributed by atoms with Crippen molar-refractivity contribution < 1.29 is 0 Å². The molecule has 1 heterocycles. The molecule has 1 atom stereocenters. The maximum atomic E-state index is 3.58. The fraction of sp³-hybridized carbons (Fsp3) is 0.200. The van der Waals surface area contributed by atoms with Crippen molar-refractivity contribution in [1.29, 1.82) is 0 Å². The zero-order valence-electron chi connectivity index (χ0n) is 9.03. The zero-order valence-corrected chi connectivity index (χ0v) is 9.03. The van der Waals surface area contributed by atoms with Gasteiger partial charge in [-0.15, -0.1) is 0 Å². The highest BCUT2D eigenvalue weighted by atomic mass is 15.0. The van der Waals surface area contributed by atoms with E-state index < -0.39 is 0 Å². The average molecular weight is 207 g/mol. The Kier molecular flexibility index (Phi) is 1.40. The van der Waals surface area contributed by atoms with Crippen LogP contribution in [0.4, 0.5) is 5.69 Å². The molecular formula is C15H13N. The molecule has 1 aromatic carbocycles. The van der Waals surface area contributed by atoms with E-state index in [1.165, 1.54) is 22.5 Å². The second kappa shape index (κ2) is 2.67. The molecule has 1 spiro atoms. The Bertz CT molecular complexity index is 563. The molecule has 78 valence electrons. The Balaban J connectivity index is 2.08. The fourth-order valence-corrected chi connectivity index (χ4v) is 3.28. The van der Waals surface area contributed by atoms with Crippen LogP contribution in [-0.2, 0) is 5.41 Å². The first kappa shape index (κ1) is 8.40. The van der Waals surface area contributed by atoms with Crippen LogP contribution in [0.25, 0.3) is 6.08 Å². The molecule has 0 radical (unpaired) electrons. The number of benzene rings is 1. The van der Waals surface area contributed by atoms with Gasteiger partial charge < -0.3 is 5.32 Å². The minimum atomic E-state index is 0.218. The maximum Gasteiger partial charge on any atom is 0.0448 e. The van der Waals surface area contributed by atoms with E-state index in [1.807, 2.05) is 0 Å². The summed E-state index contributed by atoms with van der Waals surface area (Å²) >= 11 is 0. The second-order valence-corrected chi connectivity index (χ2v) is 4.80. The zero-order chi connectivity index (χ0) is 10.6. The Morgan fingerprint density at radius 1 is 1.12 bits per heavy atom. The molecule has 0 amide bonds. The molecule has 2 aliphatic carbocycles. The van der Waals surface area contributed by atoms with E-state index in [4.69, 9.17) is 0 Å². The van der Waals surface area contributed by atoms with E-state index in [9.17, 15) is 0 Å². The van der Waals surface area contributed by atoms with Crippen LogP contribution in [0.15, 0.2) is 48.2 Å². The smallest absolute Gasteiger partial charge is 0.0448 e. The van der Waals surface area contributed by atoms with Gasteiger partial charge in [0.25, 0.3) is 0 Å². The SMILES string of the molecule is C1=CCC23CC=Cc4cccc(c42)NC3=C1. The summed E-state index contributed by atoms with van der Waals surface area (Å²) < 4.78 is 0. The monoisotopic (exact) mass is 207 g/mol. The minimum absolute atomic E-state index is 0.218. The molecule has 0 fully saturated rings. The molecule has 0 saturated heterocycles. The van der Waals surface area contributed by atoms with E-state index >= 15 is 0 Å². The van der Waals surface area contributed by atoms with Crippen molar-refractivity contribution in [2.75, 3.05) is 5.32 Å². The van der Waals surface area contributed by atoms with E-state index in [0.717, 1.165) is 12.8 Å². The van der Waals surface area contributed by atoms with Crippen molar-refractivity contribution >= 4 is 11.8 Å². The number of nitrogens with one attached hydrogen (secondary N) is 1. The number of rotatable bonds is 0. The van der Waals surface area contributed by atoms with Crippen LogP contribution in [-0.4, -0.2) is 0 Å². The Hall–Kier alpha value is -1.76. The summed E-state index contributed by atoms with van der Waals surface area (Å²) in [4.78, 5) is 0. The minimum Gasteiger partial charge on any atom is -0.358 e. The molecular weight excluding hydrogens is 194 g/mol. The van der Waals surface area contributed by atoms with Gasteiger partial charge in [0, 0.05) is 16.8 Å². The third kappa shape index (κ3) is 0.827. The molecule has 4 rings (SSSR count). The van der Waals surface area contributed by atoms with Gasteiger partial charge in [-0.25, -0.2) is 0 Å². The lowest BCUT2D eigenvalue weighted by Gasteiger charge is -2.34. The largest absolute Gasteiger partial charge is 0.358 e. The predicted octanol–water partition coefficient (Wildman–Crippen LogP) is 3.61. The van der Waals surface area contributed by atoms with Crippen molar-refractivity contribution in [3.63, 3.8) is 0 Å². The number of anilines is 1. The molecule has 1 N–H and O–H groups in total. The summed E-state index contributed by atoms with van der Waals surface area (Å²) in [6.45, 7) is 0. The van der Waals surface area contributed by atoms with Gasteiger partial charge in [-0.2, -0.15) is 0 Å². The number of hydrogen-bond donors (Lipinski definition) is 1. The van der Waals surface area contributed by atoms with Crippen molar-refractivity contribution in [1.82, 2.24) is 0 Å². The molecule has 16 heavy (non-hydrogen) atoms. The first-order chi connectivity index (χ1) is 7.90. The highest BCUT2D eigenvalue weighted by Gasteiger charge is 2.44. The third-order valence-corrected chi connectivity index (χ3v) is 3.99. The van der Waals surface area contributed by atoms with E-state index in [1.54, 1.807) is 0 Å². The summed E-state index contributed by atoms with van der Waals surface area (Å²) in [7, 11) is 0. The van der Waals surface area contributed by atoms with Crippen molar-refractivity contribution in [2.45, 2.75) is 18.3 Å². The summed E-state index contributed by atoms with van der Waals surface area (Å²) in [6.07, 6.45) is 13.5. The molecule has 0 bridgehead atoms. The Morgan fingerprint density at radius 3 is 3.06 bits per heavy atom. The molecule has 1 unspecified atom stereocenters. The van der Waals surface area contributed by atoms with E-state index in [-0.39, 0.29) is 5.41 Å². The lowest BCUT2D eigenvalue weighted by atomic mass is 9.69. The van der Waals surface area contributed by atoms with Crippen LogP contribution in [0.3, 0.4) is 0 Å². The topological polar surface area (TPSA) is 12.0 Å². The molecule has 1 heteroatoms. The van der Waals surface area contributed by atoms with Crippen molar-refractivity contribution in [3.8, 4) is 0 Å². The predicted molar refractivity (Wildman–Crippen MR) is 67.2 cm³/mol. The average Bonchev–Trinajstić information content (AvgIpc) is 2.66. The summed E-state index contributed by atoms with van der Waals surface area (Å²) in [5.74, 6) is 0. The molecule has 3 aliphatic rings. The van der Waals surface area contributed by atoms with Crippen molar-refractivity contribution in [2.24, 2.45) is 0 Å². The number of allylic oxidation sites excluding steroid dienone is 5. The van der Waals surface area contributed by atoms with Gasteiger partial charge in [0.05, 0.1) is 0 Å². The standard InChI is InChI=1S/C15H13N/c1-2-9-15-10-4-6-11-5-3-7-12(14(11)15)16-13(15)8-1/h1-8,16H,9-10H2. The van der Waals surface area contributed by atoms with Gasteiger partial charge >= 0.3 is 0 Å². The van der Waals surface area contributed by atoms with Crippen LogP contribution >= 0.6 is 0 Å². The normalized spacial score (nSPS) is 28.1. The van der Waals surface area contributed by atoms with Gasteiger partial charge in [-0.3, -0.25) is 0 Å². The van der Waals surface area contributed by atoms with Gasteiger partial charge in [0.15, 0.2) is 0 Å². The third-order valence-electron chi connectivity index (χ3n) is 3.99. The highest BCUT2D eigenvalue weighted by molar-refractivity contribution is 5.78. The van der Waals surface area contributed by atoms with Crippen molar-refractivity contribution in [3.05, 3.63) is 59.3 Å². The summed E-state index contributed by atoms with van der Waals surface area (Å²) in [5, 5.41) is 3.58. The maximum absolute atomic E-state index is 3.58. The van der Waals surface area contributed by atoms with E-state index in [2.05, 4.69) is 53.9 Å². The van der Waals surface area contributed by atoms with Crippen LogP contribution in [0.5, 0.6) is 0 Å². The molecule has 1 aromatic rings. The molecule has 0 aromatic heterocycles. The number of hydrogen-bond acceptors (Lipinski definition) is 1. The van der Waals surface area contributed by atoms with Crippen LogP contribution in [0.1, 0.15) is 24.0 Å². The molecule has 1 nitrogen and oxygen atoms in total. The van der Waals surface area contributed by atoms with Gasteiger partial charge in [0.2, 0.25) is 0 Å². The second-order valence-electron chi connectivity index (χ2n) is 4.80. The van der Waals surface area contributed by atoms with Crippen LogP contribution < -0.4 is 5.32 Å². The Morgan fingerprint density at radius 2 is 2.06 bits per heavy atom. The molecule has 1 aliphatic heterocycles. The van der Waals surface area contributed by atoms with E-state index in [0.29, 0.717) is 0 Å². The summed E-state index contributed by atoms with van der Waals surface area (Å²) in [5.41, 5.74) is 5.79. The molecule has 0 saturated carbocycles.